The number of carboxylic acid groups (broad SMARTS) is 1. The first-order chi connectivity index (χ1) is 27.8. The van der Waals surface area contributed by atoms with Crippen LogP contribution < -0.4 is 21.5 Å². The Morgan fingerprint density at radius 1 is 1.00 bits per heavy atom. The Kier molecular flexibility index (Phi) is 12.4. The van der Waals surface area contributed by atoms with Crippen molar-refractivity contribution >= 4 is 29.8 Å². The van der Waals surface area contributed by atoms with Gasteiger partial charge in [0.05, 0.1) is 18.8 Å². The number of rotatable bonds is 16. The predicted molar refractivity (Wildman–Crippen MR) is 213 cm³/mol. The number of guanidine groups is 1. The lowest BCUT2D eigenvalue weighted by Crippen LogP contribution is -2.63. The first-order valence-electron chi connectivity index (χ1n) is 21.4. The second kappa shape index (κ2) is 17.2. The number of aliphatic imine (C=N–C) groups is 1. The van der Waals surface area contributed by atoms with Crippen LogP contribution in [-0.2, 0) is 38.1 Å². The number of carbonyl (C=O) groups excluding carboxylic acids is 3. The molecule has 11 atom stereocenters. The maximum atomic E-state index is 13.0. The average Bonchev–Trinajstić information content (AvgIpc) is 3.69. The number of nitrogens with one attached hydrogen (secondary N) is 1. The molecular weight excluding hydrogens is 745 g/mol. The van der Waals surface area contributed by atoms with Gasteiger partial charge in [-0.15, -0.1) is 0 Å². The van der Waals surface area contributed by atoms with Crippen LogP contribution in [0, 0.1) is 34.5 Å². The number of ether oxygens (including phenoxy) is 5. The minimum atomic E-state index is -1.10. The van der Waals surface area contributed by atoms with Crippen LogP contribution in [0.3, 0.4) is 0 Å². The average molecular weight is 807 g/mol. The number of amides is 1. The highest BCUT2D eigenvalue weighted by molar-refractivity contribution is 5.85. The lowest BCUT2D eigenvalue weighted by atomic mass is 9.43. The molecule has 4 aliphatic carbocycles. The molecule has 58 heavy (non-hydrogen) atoms. The minimum absolute atomic E-state index is 0.0314. The molecule has 6 N–H and O–H groups in total. The number of esters is 2. The number of hydrogen-bond acceptors (Lipinski definition) is 10. The van der Waals surface area contributed by atoms with Crippen molar-refractivity contribution in [2.24, 2.45) is 51.0 Å². The molecule has 1 saturated heterocycles. The first-order valence-corrected chi connectivity index (χ1v) is 21.4. The van der Waals surface area contributed by atoms with Crippen molar-refractivity contribution in [2.75, 3.05) is 20.3 Å². The van der Waals surface area contributed by atoms with E-state index in [0.29, 0.717) is 63.0 Å². The van der Waals surface area contributed by atoms with E-state index >= 15 is 0 Å². The van der Waals surface area contributed by atoms with Crippen molar-refractivity contribution < 1.29 is 48.0 Å². The fourth-order valence-electron chi connectivity index (χ4n) is 12.2. The number of nitrogens with two attached hydrogens (primary N) is 2. The number of benzene rings is 1. The molecule has 1 spiro atoms. The van der Waals surface area contributed by atoms with E-state index in [-0.39, 0.29) is 65.6 Å². The van der Waals surface area contributed by atoms with Gasteiger partial charge < -0.3 is 45.6 Å². The summed E-state index contributed by atoms with van der Waals surface area (Å²) in [6.45, 7) is 5.46. The number of methoxy groups -OCH3 is 1. The zero-order valence-electron chi connectivity index (χ0n) is 34.2. The van der Waals surface area contributed by atoms with Crippen molar-refractivity contribution in [3.8, 4) is 5.75 Å². The molecule has 5 fully saturated rings. The molecule has 14 nitrogen and oxygen atoms in total. The molecule has 4 saturated carbocycles. The number of carboxylic acids is 1. The molecule has 0 radical (unpaired) electrons. The molecule has 1 aromatic carbocycles. The van der Waals surface area contributed by atoms with Gasteiger partial charge >= 0.3 is 17.9 Å². The first kappa shape index (κ1) is 42.0. The van der Waals surface area contributed by atoms with E-state index in [9.17, 15) is 24.3 Å². The summed E-state index contributed by atoms with van der Waals surface area (Å²) >= 11 is 0. The number of cyclic esters (lactones) is 1. The molecule has 7 rings (SSSR count). The summed E-state index contributed by atoms with van der Waals surface area (Å²) in [5.41, 5.74) is 12.0. The quantitative estimate of drug-likeness (QED) is 0.0710. The van der Waals surface area contributed by atoms with Gasteiger partial charge in [-0.1, -0.05) is 32.4 Å². The minimum Gasteiger partial charge on any atom is -0.497 e. The Hall–Kier alpha value is -4.17. The Morgan fingerprint density at radius 2 is 1.78 bits per heavy atom. The number of unbranched alkanes of at least 4 members (excludes halogenated alkanes) is 2. The molecule has 2 heterocycles. The van der Waals surface area contributed by atoms with Crippen LogP contribution in [0.5, 0.6) is 5.75 Å². The molecule has 0 aromatic heterocycles. The standard InChI is InChI=1S/C44H62N4O10/c1-42-19-17-30(56-36(50)10-6-4-5-9-35(49)48-33(39(52)53)8-7-21-47-41(45)46)23-28(42)13-16-32-31(42)18-20-43(2)38(27-22-37(51)55-25-27)34-24-44(32,43)58-40(57-34)26-11-14-29(54-3)15-12-26/h11-12,14-15,22,28,30-34,38,40H,4-10,13,16-21,23-25H2,1-3H3,(H,48,49)(H,52,53)(H4,45,46,47)/t28-,30+,31+,32-,33+,34+,38+,40?,42+,43-,44+/m1/s1. The maximum absolute atomic E-state index is 13.0. The van der Waals surface area contributed by atoms with E-state index in [1.165, 1.54) is 0 Å². The SMILES string of the molecule is COc1ccc(C2O[C@H]3C[C@]4(O2)[C@@H]2CC[C@@H]5C[C@@H](OC(=O)CCCCCC(=O)N[C@@H](CCCN=C(N)N)C(=O)O)CC[C@]5(C)[C@H]2CC[C@]4(C)[C@H]3C2=CC(=O)OC2)cc1. The third kappa shape index (κ3) is 8.20. The van der Waals surface area contributed by atoms with Crippen LogP contribution in [0.15, 0.2) is 40.9 Å². The second-order valence-corrected chi connectivity index (χ2v) is 18.1. The van der Waals surface area contributed by atoms with Crippen molar-refractivity contribution in [3.63, 3.8) is 0 Å². The van der Waals surface area contributed by atoms with Gasteiger partial charge in [0.2, 0.25) is 5.91 Å². The highest BCUT2D eigenvalue weighted by Gasteiger charge is 2.74. The summed E-state index contributed by atoms with van der Waals surface area (Å²) in [5.74, 6) is 0.0740. The third-order valence-electron chi connectivity index (χ3n) is 15.0. The number of fused-ring (bicyclic) bond motifs is 4. The van der Waals surface area contributed by atoms with Gasteiger partial charge in [-0.05, 0) is 112 Å². The van der Waals surface area contributed by atoms with Crippen molar-refractivity contribution in [1.82, 2.24) is 5.32 Å². The van der Waals surface area contributed by atoms with E-state index in [4.69, 9.17) is 35.2 Å². The van der Waals surface area contributed by atoms with Crippen molar-refractivity contribution in [2.45, 2.75) is 140 Å². The molecule has 2 aliphatic heterocycles. The molecule has 6 aliphatic rings. The molecule has 1 amide bonds. The lowest BCUT2D eigenvalue weighted by Gasteiger charge is -2.65. The van der Waals surface area contributed by atoms with Gasteiger partial charge in [0.25, 0.3) is 0 Å². The second-order valence-electron chi connectivity index (χ2n) is 18.1. The Bertz CT molecular complexity index is 1760. The van der Waals surface area contributed by atoms with E-state index in [1.54, 1.807) is 13.2 Å². The Balaban J connectivity index is 0.933. The van der Waals surface area contributed by atoms with Crippen LogP contribution in [0.4, 0.5) is 0 Å². The van der Waals surface area contributed by atoms with Crippen LogP contribution in [-0.4, -0.2) is 79.0 Å². The van der Waals surface area contributed by atoms with Crippen LogP contribution in [0.25, 0.3) is 0 Å². The Morgan fingerprint density at radius 3 is 2.48 bits per heavy atom. The van der Waals surface area contributed by atoms with Crippen LogP contribution >= 0.6 is 0 Å². The van der Waals surface area contributed by atoms with Gasteiger partial charge in [0.15, 0.2) is 12.2 Å². The predicted octanol–water partition coefficient (Wildman–Crippen LogP) is 5.47. The van der Waals surface area contributed by atoms with Crippen LogP contribution in [0.2, 0.25) is 0 Å². The van der Waals surface area contributed by atoms with Crippen molar-refractivity contribution in [3.05, 3.63) is 41.5 Å². The monoisotopic (exact) mass is 806 g/mol. The van der Waals surface area contributed by atoms with Gasteiger partial charge in [0.1, 0.15) is 24.5 Å². The van der Waals surface area contributed by atoms with Gasteiger partial charge in [-0.2, -0.15) is 0 Å². The fourth-order valence-corrected chi connectivity index (χ4v) is 12.2. The highest BCUT2D eigenvalue weighted by Crippen LogP contribution is 2.73. The molecule has 318 valence electrons. The number of carbonyl (C=O) groups is 4. The summed E-state index contributed by atoms with van der Waals surface area (Å²) in [4.78, 5) is 53.2. The lowest BCUT2D eigenvalue weighted by molar-refractivity contribution is -0.319. The molecule has 1 unspecified atom stereocenters. The summed E-state index contributed by atoms with van der Waals surface area (Å²) in [7, 11) is 1.66. The summed E-state index contributed by atoms with van der Waals surface area (Å²) in [5, 5.41) is 12.0. The molecule has 1 aromatic rings. The number of nitrogens with zero attached hydrogens (tertiary/aromatic N) is 1. The largest absolute Gasteiger partial charge is 0.497 e. The normalized spacial score (nSPS) is 35.3. The topological polar surface area (TPSA) is 211 Å². The zero-order valence-corrected chi connectivity index (χ0v) is 34.2. The number of hydrogen-bond donors (Lipinski definition) is 4. The summed E-state index contributed by atoms with van der Waals surface area (Å²) in [6, 6.07) is 6.95. The van der Waals surface area contributed by atoms with Crippen molar-refractivity contribution in [1.29, 1.82) is 0 Å². The van der Waals surface area contributed by atoms with E-state index in [2.05, 4.69) is 24.2 Å². The Labute approximate surface area is 341 Å². The fraction of sp³-hybridized carbons (Fsp3) is 0.705. The van der Waals surface area contributed by atoms with Gasteiger partial charge in [-0.3, -0.25) is 14.6 Å². The van der Waals surface area contributed by atoms with Gasteiger partial charge in [0, 0.05) is 48.8 Å². The van der Waals surface area contributed by atoms with E-state index < -0.39 is 23.9 Å². The summed E-state index contributed by atoms with van der Waals surface area (Å²) in [6.07, 6.45) is 11.5. The third-order valence-corrected chi connectivity index (χ3v) is 15.0. The highest BCUT2D eigenvalue weighted by atomic mass is 16.7. The number of aliphatic carboxylic acids is 1. The van der Waals surface area contributed by atoms with Gasteiger partial charge in [-0.25, -0.2) is 9.59 Å². The zero-order chi connectivity index (χ0) is 41.2. The van der Waals surface area contributed by atoms with E-state index in [1.807, 2.05) is 24.3 Å². The van der Waals surface area contributed by atoms with E-state index in [0.717, 1.165) is 68.3 Å². The molecule has 2 bridgehead atoms. The molecular formula is C44H62N4O10. The van der Waals surface area contributed by atoms with Crippen LogP contribution in [0.1, 0.15) is 122 Å². The maximum Gasteiger partial charge on any atom is 0.331 e. The molecule has 14 heteroatoms. The smallest absolute Gasteiger partial charge is 0.331 e. The summed E-state index contributed by atoms with van der Waals surface area (Å²) < 4.78 is 31.2.